The van der Waals surface area contributed by atoms with Crippen LogP contribution in [0.4, 0.5) is 0 Å². The maximum absolute atomic E-state index is 11.7. The molecular weight excluding hydrogens is 244 g/mol. The van der Waals surface area contributed by atoms with Gasteiger partial charge in [0.2, 0.25) is 0 Å². The molecule has 0 amide bonds. The van der Waals surface area contributed by atoms with Crippen molar-refractivity contribution in [2.45, 2.75) is 31.8 Å². The van der Waals surface area contributed by atoms with E-state index in [-0.39, 0.29) is 18.7 Å². The van der Waals surface area contributed by atoms with Crippen molar-refractivity contribution in [3.63, 3.8) is 0 Å². The normalized spacial score (nSPS) is 28.5. The first-order valence-electron chi connectivity index (χ1n) is 5.29. The molecule has 1 aromatic rings. The zero-order valence-corrected chi connectivity index (χ0v) is 10.1. The molecule has 1 saturated heterocycles. The number of ether oxygens (including phenoxy) is 1. The highest BCUT2D eigenvalue weighted by Gasteiger charge is 2.34. The second kappa shape index (κ2) is 4.69. The third kappa shape index (κ3) is 2.32. The minimum atomic E-state index is -0.764. The molecule has 94 valence electrons. The minimum Gasteiger partial charge on any atom is -0.394 e. The Morgan fingerprint density at radius 2 is 2.41 bits per heavy atom. The average molecular weight is 258 g/mol. The van der Waals surface area contributed by atoms with Crippen LogP contribution < -0.4 is 5.69 Å². The summed E-state index contributed by atoms with van der Waals surface area (Å²) in [4.78, 5) is 14.2. The molecule has 3 N–H and O–H groups in total. The SMILES string of the molecule is Cc1cn([C@@H]2C[C@H](O)[C@@H](CO)O2)c(=O)[nH]c1=S. The van der Waals surface area contributed by atoms with E-state index in [0.29, 0.717) is 4.64 Å². The van der Waals surface area contributed by atoms with E-state index in [0.717, 1.165) is 5.56 Å². The molecule has 0 aliphatic carbocycles. The lowest BCUT2D eigenvalue weighted by Crippen LogP contribution is -2.28. The molecule has 2 heterocycles. The van der Waals surface area contributed by atoms with Crippen LogP contribution in [0, 0.1) is 11.6 Å². The highest BCUT2D eigenvalue weighted by molar-refractivity contribution is 7.71. The van der Waals surface area contributed by atoms with Crippen LogP contribution in [0.25, 0.3) is 0 Å². The molecule has 0 spiro atoms. The molecule has 1 aliphatic heterocycles. The first kappa shape index (κ1) is 12.4. The van der Waals surface area contributed by atoms with E-state index in [9.17, 15) is 9.90 Å². The summed E-state index contributed by atoms with van der Waals surface area (Å²) in [5, 5.41) is 18.6. The molecule has 2 rings (SSSR count). The second-order valence-electron chi connectivity index (χ2n) is 4.09. The number of aliphatic hydroxyl groups is 2. The van der Waals surface area contributed by atoms with Crippen molar-refractivity contribution in [3.8, 4) is 0 Å². The van der Waals surface area contributed by atoms with Crippen LogP contribution in [0.2, 0.25) is 0 Å². The van der Waals surface area contributed by atoms with E-state index in [1.165, 1.54) is 4.57 Å². The Kier molecular flexibility index (Phi) is 3.43. The van der Waals surface area contributed by atoms with Crippen LogP contribution in [-0.2, 0) is 4.74 Å². The van der Waals surface area contributed by atoms with Crippen LogP contribution in [0.5, 0.6) is 0 Å². The first-order chi connectivity index (χ1) is 8.02. The van der Waals surface area contributed by atoms with Crippen molar-refractivity contribution in [2.75, 3.05) is 6.61 Å². The Labute approximate surface area is 102 Å². The third-order valence-corrected chi connectivity index (χ3v) is 3.26. The van der Waals surface area contributed by atoms with Gasteiger partial charge in [-0.05, 0) is 6.92 Å². The Morgan fingerprint density at radius 1 is 1.71 bits per heavy atom. The lowest BCUT2D eigenvalue weighted by atomic mass is 10.2. The number of rotatable bonds is 2. The fourth-order valence-corrected chi connectivity index (χ4v) is 1.99. The lowest BCUT2D eigenvalue weighted by molar-refractivity contribution is -0.0459. The van der Waals surface area contributed by atoms with Crippen molar-refractivity contribution >= 4 is 12.2 Å². The van der Waals surface area contributed by atoms with E-state index in [4.69, 9.17) is 22.1 Å². The molecule has 1 aromatic heterocycles. The molecule has 3 atom stereocenters. The molecule has 0 bridgehead atoms. The summed E-state index contributed by atoms with van der Waals surface area (Å²) in [6.07, 6.45) is -0.107. The van der Waals surface area contributed by atoms with E-state index in [2.05, 4.69) is 4.98 Å². The van der Waals surface area contributed by atoms with Gasteiger partial charge in [-0.3, -0.25) is 9.55 Å². The molecule has 0 radical (unpaired) electrons. The van der Waals surface area contributed by atoms with Gasteiger partial charge in [-0.1, -0.05) is 12.2 Å². The van der Waals surface area contributed by atoms with Crippen LogP contribution in [-0.4, -0.2) is 38.6 Å². The molecule has 1 aliphatic rings. The summed E-state index contributed by atoms with van der Waals surface area (Å²) in [6.45, 7) is 1.51. The first-order valence-corrected chi connectivity index (χ1v) is 5.70. The highest BCUT2D eigenvalue weighted by Crippen LogP contribution is 2.27. The van der Waals surface area contributed by atoms with Crippen LogP contribution in [0.1, 0.15) is 18.2 Å². The van der Waals surface area contributed by atoms with Gasteiger partial charge in [-0.15, -0.1) is 0 Å². The van der Waals surface area contributed by atoms with Gasteiger partial charge < -0.3 is 14.9 Å². The summed E-state index contributed by atoms with van der Waals surface area (Å²) < 4.78 is 7.14. The van der Waals surface area contributed by atoms with Gasteiger partial charge in [-0.2, -0.15) is 0 Å². The van der Waals surface area contributed by atoms with Gasteiger partial charge in [-0.25, -0.2) is 4.79 Å². The molecule has 6 nitrogen and oxygen atoms in total. The number of aryl methyl sites for hydroxylation is 1. The molecule has 1 fully saturated rings. The smallest absolute Gasteiger partial charge is 0.328 e. The summed E-state index contributed by atoms with van der Waals surface area (Å²) in [6, 6.07) is 0. The van der Waals surface area contributed by atoms with Crippen LogP contribution in [0.3, 0.4) is 0 Å². The Balaban J connectivity index is 2.34. The monoisotopic (exact) mass is 258 g/mol. The van der Waals surface area contributed by atoms with Gasteiger partial charge in [0.25, 0.3) is 0 Å². The maximum Gasteiger partial charge on any atom is 0.328 e. The van der Waals surface area contributed by atoms with Gasteiger partial charge in [0.05, 0.1) is 12.7 Å². The van der Waals surface area contributed by atoms with Gasteiger partial charge in [0.15, 0.2) is 0 Å². The molecule has 0 aromatic carbocycles. The molecule has 0 saturated carbocycles. The summed E-state index contributed by atoms with van der Waals surface area (Å²) in [5.74, 6) is 0. The topological polar surface area (TPSA) is 87.5 Å². The molecule has 17 heavy (non-hydrogen) atoms. The molecular formula is C10H14N2O4S. The average Bonchev–Trinajstić information content (AvgIpc) is 2.65. The summed E-state index contributed by atoms with van der Waals surface area (Å²) in [5.41, 5.74) is 0.376. The predicted molar refractivity (Wildman–Crippen MR) is 62.2 cm³/mol. The lowest BCUT2D eigenvalue weighted by Gasteiger charge is -2.14. The van der Waals surface area contributed by atoms with Crippen molar-refractivity contribution in [1.82, 2.24) is 9.55 Å². The van der Waals surface area contributed by atoms with Crippen molar-refractivity contribution in [1.29, 1.82) is 0 Å². The van der Waals surface area contributed by atoms with Crippen molar-refractivity contribution in [2.24, 2.45) is 0 Å². The van der Waals surface area contributed by atoms with Gasteiger partial charge in [0, 0.05) is 18.2 Å². The van der Waals surface area contributed by atoms with Crippen molar-refractivity contribution in [3.05, 3.63) is 26.9 Å². The molecule has 0 unspecified atom stereocenters. The number of aromatic amines is 1. The van der Waals surface area contributed by atoms with E-state index in [1.54, 1.807) is 13.1 Å². The zero-order chi connectivity index (χ0) is 12.6. The highest BCUT2D eigenvalue weighted by atomic mass is 32.1. The summed E-state index contributed by atoms with van der Waals surface area (Å²) >= 11 is 4.95. The Bertz CT molecular complexity index is 524. The summed E-state index contributed by atoms with van der Waals surface area (Å²) in [7, 11) is 0. The van der Waals surface area contributed by atoms with Crippen molar-refractivity contribution < 1.29 is 14.9 Å². The quantitative estimate of drug-likeness (QED) is 0.642. The Hall–Kier alpha value is -1.02. The Morgan fingerprint density at radius 3 is 3.00 bits per heavy atom. The zero-order valence-electron chi connectivity index (χ0n) is 9.29. The van der Waals surface area contributed by atoms with Crippen LogP contribution in [0.15, 0.2) is 11.0 Å². The fraction of sp³-hybridized carbons (Fsp3) is 0.600. The second-order valence-corrected chi connectivity index (χ2v) is 4.50. The van der Waals surface area contributed by atoms with E-state index >= 15 is 0 Å². The van der Waals surface area contributed by atoms with E-state index < -0.39 is 18.4 Å². The maximum atomic E-state index is 11.7. The largest absolute Gasteiger partial charge is 0.394 e. The van der Waals surface area contributed by atoms with Gasteiger partial charge >= 0.3 is 5.69 Å². The molecule has 7 heteroatoms. The third-order valence-electron chi connectivity index (χ3n) is 2.84. The number of nitrogens with zero attached hydrogens (tertiary/aromatic N) is 1. The fourth-order valence-electron chi connectivity index (χ4n) is 1.85. The standard InChI is InChI=1S/C10H14N2O4S/c1-5-3-12(10(15)11-9(5)17)8-2-6(14)7(4-13)16-8/h3,6-8,13-14H,2,4H2,1H3,(H,11,15,17)/t6-,7+,8-/m0/s1. The number of hydrogen-bond acceptors (Lipinski definition) is 5. The number of H-pyrrole nitrogens is 1. The number of aliphatic hydroxyl groups excluding tert-OH is 2. The predicted octanol–water partition coefficient (Wildman–Crippen LogP) is -0.145. The van der Waals surface area contributed by atoms with E-state index in [1.807, 2.05) is 0 Å². The van der Waals surface area contributed by atoms with Crippen LogP contribution >= 0.6 is 12.2 Å². The number of aromatic nitrogens is 2. The minimum absolute atomic E-state index is 0.270. The number of nitrogens with one attached hydrogen (secondary N) is 1. The number of hydrogen-bond donors (Lipinski definition) is 3. The van der Waals surface area contributed by atoms with Gasteiger partial charge in [0.1, 0.15) is 17.0 Å².